The maximum Gasteiger partial charge on any atom is 0.260 e. The predicted octanol–water partition coefficient (Wildman–Crippen LogP) is 6.54. The fourth-order valence-corrected chi connectivity index (χ4v) is 5.41. The van der Waals surface area contributed by atoms with E-state index in [2.05, 4.69) is 33.1 Å². The van der Waals surface area contributed by atoms with Crippen LogP contribution >= 0.6 is 34.2 Å². The molecule has 0 bridgehead atoms. The Hall–Kier alpha value is -3.89. The van der Waals surface area contributed by atoms with Crippen molar-refractivity contribution in [3.05, 3.63) is 115 Å². The number of para-hydroxylation sites is 2. The van der Waals surface area contributed by atoms with E-state index >= 15 is 0 Å². The first kappa shape index (κ1) is 27.7. The van der Waals surface area contributed by atoms with Crippen LogP contribution in [0.4, 0.5) is 0 Å². The van der Waals surface area contributed by atoms with Gasteiger partial charge in [-0.2, -0.15) is 5.10 Å². The van der Waals surface area contributed by atoms with E-state index in [1.807, 2.05) is 84.3 Å². The maximum atomic E-state index is 12.9. The number of pyridine rings is 1. The fourth-order valence-electron chi connectivity index (χ4n) is 4.44. The summed E-state index contributed by atoms with van der Waals surface area (Å²) in [5, 5.41) is 5.94. The number of carbonyl (C=O) groups excluding carboxylic acids is 1. The molecule has 7 nitrogen and oxygen atoms in total. The van der Waals surface area contributed by atoms with Crippen molar-refractivity contribution in [1.29, 1.82) is 0 Å². The van der Waals surface area contributed by atoms with Gasteiger partial charge in [-0.25, -0.2) is 5.43 Å². The molecule has 40 heavy (non-hydrogen) atoms. The number of halogens is 2. The van der Waals surface area contributed by atoms with Crippen molar-refractivity contribution in [2.75, 3.05) is 6.61 Å². The van der Waals surface area contributed by atoms with Crippen LogP contribution in [-0.2, 0) is 17.9 Å². The Morgan fingerprint density at radius 3 is 2.30 bits per heavy atom. The van der Waals surface area contributed by atoms with Gasteiger partial charge in [0, 0.05) is 21.4 Å². The first-order valence-corrected chi connectivity index (χ1v) is 14.1. The standard InChI is InChI=1S/C31H25ClIN3O4/c1-2-39-28-16-20(15-25(33)31(28)40-19-21-9-3-6-12-24(21)32)17-34-35-29(37)18-36-26-13-7-4-10-22(26)30(38)23-11-5-8-14-27(23)36/h3-17H,2,18-19H2,1H3,(H,35,37). The highest BCUT2D eigenvalue weighted by Crippen LogP contribution is 2.35. The number of carbonyl (C=O) groups is 1. The van der Waals surface area contributed by atoms with Crippen LogP contribution in [0.2, 0.25) is 5.02 Å². The van der Waals surface area contributed by atoms with Crippen LogP contribution in [0.1, 0.15) is 18.1 Å². The van der Waals surface area contributed by atoms with E-state index in [4.69, 9.17) is 21.1 Å². The highest BCUT2D eigenvalue weighted by molar-refractivity contribution is 14.1. The molecular formula is C31H25ClIN3O4. The monoisotopic (exact) mass is 665 g/mol. The molecule has 4 aromatic carbocycles. The van der Waals surface area contributed by atoms with Crippen LogP contribution < -0.4 is 20.3 Å². The normalized spacial score (nSPS) is 11.3. The molecule has 0 aliphatic heterocycles. The van der Waals surface area contributed by atoms with E-state index in [1.54, 1.807) is 18.3 Å². The second-order valence-electron chi connectivity index (χ2n) is 8.89. The lowest BCUT2D eigenvalue weighted by atomic mass is 10.1. The van der Waals surface area contributed by atoms with Gasteiger partial charge in [0.1, 0.15) is 13.2 Å². The molecule has 0 aliphatic rings. The average molecular weight is 666 g/mol. The van der Waals surface area contributed by atoms with Crippen molar-refractivity contribution < 1.29 is 14.3 Å². The quantitative estimate of drug-likeness (QED) is 0.0840. The molecule has 0 spiro atoms. The van der Waals surface area contributed by atoms with Crippen LogP contribution in [0.25, 0.3) is 21.8 Å². The Morgan fingerprint density at radius 2 is 1.62 bits per heavy atom. The van der Waals surface area contributed by atoms with E-state index in [0.29, 0.717) is 51.5 Å². The summed E-state index contributed by atoms with van der Waals surface area (Å²) in [7, 11) is 0. The van der Waals surface area contributed by atoms with Gasteiger partial charge in [-0.15, -0.1) is 0 Å². The van der Waals surface area contributed by atoms with Gasteiger partial charge < -0.3 is 14.0 Å². The highest BCUT2D eigenvalue weighted by atomic mass is 127. The number of nitrogens with zero attached hydrogens (tertiary/aromatic N) is 2. The summed E-state index contributed by atoms with van der Waals surface area (Å²) in [4.78, 5) is 25.9. The summed E-state index contributed by atoms with van der Waals surface area (Å²) in [6, 6.07) is 25.8. The van der Waals surface area contributed by atoms with Crippen LogP contribution in [0, 0.1) is 3.57 Å². The van der Waals surface area contributed by atoms with E-state index < -0.39 is 0 Å². The molecule has 1 N–H and O–H groups in total. The van der Waals surface area contributed by atoms with Gasteiger partial charge in [0.25, 0.3) is 5.91 Å². The SMILES string of the molecule is CCOc1cc(C=NNC(=O)Cn2c3ccccc3c(=O)c3ccccc32)cc(I)c1OCc1ccccc1Cl. The third-order valence-corrected chi connectivity index (χ3v) is 7.42. The third kappa shape index (κ3) is 5.97. The summed E-state index contributed by atoms with van der Waals surface area (Å²) < 4.78 is 14.6. The zero-order chi connectivity index (χ0) is 28.1. The molecule has 0 saturated carbocycles. The Labute approximate surface area is 249 Å². The van der Waals surface area contributed by atoms with Crippen LogP contribution in [0.5, 0.6) is 11.5 Å². The smallest absolute Gasteiger partial charge is 0.260 e. The minimum Gasteiger partial charge on any atom is -0.490 e. The molecule has 0 atom stereocenters. The lowest BCUT2D eigenvalue weighted by Gasteiger charge is -2.15. The van der Waals surface area contributed by atoms with Crippen LogP contribution in [-0.4, -0.2) is 23.3 Å². The summed E-state index contributed by atoms with van der Waals surface area (Å²) >= 11 is 8.46. The molecule has 1 amide bonds. The number of rotatable bonds is 9. The van der Waals surface area contributed by atoms with Gasteiger partial charge in [0.05, 0.1) is 27.4 Å². The second kappa shape index (κ2) is 12.5. The lowest BCUT2D eigenvalue weighted by Crippen LogP contribution is -2.25. The van der Waals surface area contributed by atoms with Crippen molar-refractivity contribution in [3.8, 4) is 11.5 Å². The number of aromatic nitrogens is 1. The molecule has 0 saturated heterocycles. The fraction of sp³-hybridized carbons (Fsp3) is 0.129. The number of ether oxygens (including phenoxy) is 2. The minimum atomic E-state index is -0.324. The molecule has 0 fully saturated rings. The molecule has 1 aromatic heterocycles. The lowest BCUT2D eigenvalue weighted by molar-refractivity contribution is -0.121. The first-order chi connectivity index (χ1) is 19.5. The van der Waals surface area contributed by atoms with E-state index in [9.17, 15) is 9.59 Å². The van der Waals surface area contributed by atoms with Crippen LogP contribution in [0.3, 0.4) is 0 Å². The molecule has 0 aliphatic carbocycles. The molecular weight excluding hydrogens is 641 g/mol. The van der Waals surface area contributed by atoms with Crippen molar-refractivity contribution in [1.82, 2.24) is 9.99 Å². The summed E-state index contributed by atoms with van der Waals surface area (Å²) in [5.41, 5.74) is 5.53. The van der Waals surface area contributed by atoms with Crippen molar-refractivity contribution in [3.63, 3.8) is 0 Å². The third-order valence-electron chi connectivity index (χ3n) is 6.25. The average Bonchev–Trinajstić information content (AvgIpc) is 2.96. The number of amides is 1. The molecule has 202 valence electrons. The van der Waals surface area contributed by atoms with Crippen molar-refractivity contribution in [2.45, 2.75) is 20.1 Å². The van der Waals surface area contributed by atoms with E-state index in [-0.39, 0.29) is 17.9 Å². The van der Waals surface area contributed by atoms with Gasteiger partial charge in [-0.3, -0.25) is 9.59 Å². The van der Waals surface area contributed by atoms with Crippen LogP contribution in [0.15, 0.2) is 94.8 Å². The number of fused-ring (bicyclic) bond motifs is 2. The zero-order valence-electron chi connectivity index (χ0n) is 21.6. The number of hydrogen-bond acceptors (Lipinski definition) is 5. The minimum absolute atomic E-state index is 0.00476. The van der Waals surface area contributed by atoms with Gasteiger partial charge >= 0.3 is 0 Å². The maximum absolute atomic E-state index is 12.9. The van der Waals surface area contributed by atoms with Crippen molar-refractivity contribution in [2.24, 2.45) is 5.10 Å². The second-order valence-corrected chi connectivity index (χ2v) is 10.5. The number of benzene rings is 4. The Kier molecular flexibility index (Phi) is 8.66. The Bertz CT molecular complexity index is 1740. The van der Waals surface area contributed by atoms with Crippen molar-refractivity contribution >= 4 is 68.1 Å². The number of hydrazone groups is 1. The summed E-state index contributed by atoms with van der Waals surface area (Å²) in [6.45, 7) is 2.65. The largest absolute Gasteiger partial charge is 0.490 e. The summed E-state index contributed by atoms with van der Waals surface area (Å²) in [5.74, 6) is 0.857. The van der Waals surface area contributed by atoms with E-state index in [1.165, 1.54) is 0 Å². The number of hydrogen-bond donors (Lipinski definition) is 1. The zero-order valence-corrected chi connectivity index (χ0v) is 24.5. The molecule has 5 aromatic rings. The van der Waals surface area contributed by atoms with Gasteiger partial charge in [-0.1, -0.05) is 54.1 Å². The van der Waals surface area contributed by atoms with E-state index in [0.717, 1.165) is 14.7 Å². The Morgan fingerprint density at radius 1 is 0.975 bits per heavy atom. The topological polar surface area (TPSA) is 81.9 Å². The van der Waals surface area contributed by atoms with Gasteiger partial charge in [-0.05, 0) is 77.5 Å². The van der Waals surface area contributed by atoms with Gasteiger partial charge in [0.15, 0.2) is 16.9 Å². The summed E-state index contributed by atoms with van der Waals surface area (Å²) in [6.07, 6.45) is 1.56. The predicted molar refractivity (Wildman–Crippen MR) is 168 cm³/mol. The first-order valence-electron chi connectivity index (χ1n) is 12.6. The molecule has 0 radical (unpaired) electrons. The highest BCUT2D eigenvalue weighted by Gasteiger charge is 2.14. The molecule has 1 heterocycles. The van der Waals surface area contributed by atoms with Gasteiger partial charge in [0.2, 0.25) is 0 Å². The molecule has 9 heteroatoms. The Balaban J connectivity index is 1.34. The number of nitrogens with one attached hydrogen (secondary N) is 1. The molecule has 0 unspecified atom stereocenters. The molecule has 5 rings (SSSR count).